The molecule has 0 radical (unpaired) electrons. The van der Waals surface area contributed by atoms with E-state index in [9.17, 15) is 0 Å². The normalized spacial score (nSPS) is 11.5. The van der Waals surface area contributed by atoms with E-state index in [1.54, 1.807) is 0 Å². The zero-order valence-corrected chi connectivity index (χ0v) is 14.0. The van der Waals surface area contributed by atoms with Gasteiger partial charge in [0.1, 0.15) is 6.61 Å². The molecule has 0 unspecified atom stereocenters. The number of halogens is 2. The van der Waals surface area contributed by atoms with Crippen molar-refractivity contribution in [2.45, 2.75) is 38.7 Å². The SMILES string of the molecule is CC(C)(C)c1cc(CCl)cc(OCc2ccccc2Cl)n1. The number of aromatic nitrogens is 1. The molecule has 0 amide bonds. The second-order valence-corrected chi connectivity index (χ2v) is 6.64. The highest BCUT2D eigenvalue weighted by Gasteiger charge is 2.17. The van der Waals surface area contributed by atoms with Gasteiger partial charge in [0, 0.05) is 27.9 Å². The molecular formula is C17H19Cl2NO. The summed E-state index contributed by atoms with van der Waals surface area (Å²) in [6.45, 7) is 6.74. The van der Waals surface area contributed by atoms with E-state index in [0.717, 1.165) is 16.8 Å². The van der Waals surface area contributed by atoms with Crippen LogP contribution in [0.3, 0.4) is 0 Å². The lowest BCUT2D eigenvalue weighted by Crippen LogP contribution is -2.14. The summed E-state index contributed by atoms with van der Waals surface area (Å²) in [6, 6.07) is 11.5. The first-order valence-corrected chi connectivity index (χ1v) is 7.75. The van der Waals surface area contributed by atoms with Crippen LogP contribution in [0.25, 0.3) is 0 Å². The van der Waals surface area contributed by atoms with Crippen molar-refractivity contribution in [3.05, 3.63) is 58.2 Å². The summed E-state index contributed by atoms with van der Waals surface area (Å²) >= 11 is 12.1. The van der Waals surface area contributed by atoms with Gasteiger partial charge in [-0.25, -0.2) is 4.98 Å². The first-order valence-electron chi connectivity index (χ1n) is 6.84. The van der Waals surface area contributed by atoms with Gasteiger partial charge < -0.3 is 4.74 Å². The molecule has 2 rings (SSSR count). The second-order valence-electron chi connectivity index (χ2n) is 5.96. The maximum atomic E-state index is 6.13. The van der Waals surface area contributed by atoms with Crippen molar-refractivity contribution in [3.8, 4) is 5.88 Å². The van der Waals surface area contributed by atoms with E-state index in [1.165, 1.54) is 0 Å². The summed E-state index contributed by atoms with van der Waals surface area (Å²) < 4.78 is 5.80. The summed E-state index contributed by atoms with van der Waals surface area (Å²) in [4.78, 5) is 4.57. The molecule has 2 nitrogen and oxygen atoms in total. The van der Waals surface area contributed by atoms with Crippen molar-refractivity contribution in [1.29, 1.82) is 0 Å². The van der Waals surface area contributed by atoms with Gasteiger partial charge in [0.2, 0.25) is 5.88 Å². The fourth-order valence-electron chi connectivity index (χ4n) is 1.86. The Hall–Kier alpha value is -1.25. The summed E-state index contributed by atoms with van der Waals surface area (Å²) in [6.07, 6.45) is 0. The third kappa shape index (κ3) is 4.36. The number of ether oxygens (including phenoxy) is 1. The molecule has 0 aliphatic carbocycles. The highest BCUT2D eigenvalue weighted by atomic mass is 35.5. The van der Waals surface area contributed by atoms with Crippen LogP contribution in [0, 0.1) is 0 Å². The van der Waals surface area contributed by atoms with E-state index in [4.69, 9.17) is 27.9 Å². The van der Waals surface area contributed by atoms with Gasteiger partial charge in [-0.1, -0.05) is 50.6 Å². The van der Waals surface area contributed by atoms with Gasteiger partial charge in [-0.05, 0) is 17.7 Å². The molecule has 1 aromatic heterocycles. The van der Waals surface area contributed by atoms with Crippen molar-refractivity contribution in [3.63, 3.8) is 0 Å². The molecule has 112 valence electrons. The molecule has 0 atom stereocenters. The summed E-state index contributed by atoms with van der Waals surface area (Å²) in [7, 11) is 0. The Kier molecular flexibility index (Phi) is 5.13. The molecule has 0 saturated heterocycles. The number of alkyl halides is 1. The van der Waals surface area contributed by atoms with Crippen LogP contribution in [0.4, 0.5) is 0 Å². The molecule has 2 aromatic rings. The van der Waals surface area contributed by atoms with E-state index in [1.807, 2.05) is 36.4 Å². The van der Waals surface area contributed by atoms with E-state index < -0.39 is 0 Å². The average molecular weight is 324 g/mol. The minimum atomic E-state index is -0.0510. The predicted molar refractivity (Wildman–Crippen MR) is 88.3 cm³/mol. The quantitative estimate of drug-likeness (QED) is 0.707. The molecule has 0 aliphatic rings. The molecule has 0 spiro atoms. The minimum absolute atomic E-state index is 0.0510. The van der Waals surface area contributed by atoms with E-state index >= 15 is 0 Å². The van der Waals surface area contributed by atoms with Crippen LogP contribution in [-0.4, -0.2) is 4.98 Å². The number of hydrogen-bond acceptors (Lipinski definition) is 2. The van der Waals surface area contributed by atoms with Crippen molar-refractivity contribution in [2.24, 2.45) is 0 Å². The number of pyridine rings is 1. The highest BCUT2D eigenvalue weighted by molar-refractivity contribution is 6.31. The van der Waals surface area contributed by atoms with Crippen molar-refractivity contribution < 1.29 is 4.74 Å². The number of hydrogen-bond donors (Lipinski definition) is 0. The molecule has 1 heterocycles. The largest absolute Gasteiger partial charge is 0.473 e. The van der Waals surface area contributed by atoms with E-state index in [0.29, 0.717) is 23.4 Å². The van der Waals surface area contributed by atoms with Crippen LogP contribution >= 0.6 is 23.2 Å². The second kappa shape index (κ2) is 6.67. The topological polar surface area (TPSA) is 22.1 Å². The third-order valence-corrected chi connectivity index (χ3v) is 3.80. The molecule has 1 aromatic carbocycles. The van der Waals surface area contributed by atoms with Gasteiger partial charge in [-0.15, -0.1) is 11.6 Å². The Morgan fingerprint density at radius 2 is 1.86 bits per heavy atom. The third-order valence-electron chi connectivity index (χ3n) is 3.12. The minimum Gasteiger partial charge on any atom is -0.473 e. The van der Waals surface area contributed by atoms with Gasteiger partial charge in [0.25, 0.3) is 0 Å². The Morgan fingerprint density at radius 1 is 1.14 bits per heavy atom. The maximum absolute atomic E-state index is 6.13. The molecule has 0 saturated carbocycles. The van der Waals surface area contributed by atoms with Crippen LogP contribution in [-0.2, 0) is 17.9 Å². The van der Waals surface area contributed by atoms with E-state index in [2.05, 4.69) is 25.8 Å². The predicted octanol–water partition coefficient (Wildman–Crippen LogP) is 5.35. The smallest absolute Gasteiger partial charge is 0.214 e. The standard InChI is InChI=1S/C17H19Cl2NO/c1-17(2,3)15-8-12(10-18)9-16(20-15)21-11-13-6-4-5-7-14(13)19/h4-9H,10-11H2,1-3H3. The zero-order valence-electron chi connectivity index (χ0n) is 12.5. The van der Waals surface area contributed by atoms with Crippen molar-refractivity contribution >= 4 is 23.2 Å². The van der Waals surface area contributed by atoms with Gasteiger partial charge in [-0.3, -0.25) is 0 Å². The average Bonchev–Trinajstić information content (AvgIpc) is 2.45. The fourth-order valence-corrected chi connectivity index (χ4v) is 2.21. The summed E-state index contributed by atoms with van der Waals surface area (Å²) in [5.41, 5.74) is 2.86. The zero-order chi connectivity index (χ0) is 15.5. The van der Waals surface area contributed by atoms with Crippen LogP contribution in [0.15, 0.2) is 36.4 Å². The molecule has 0 bridgehead atoms. The fraction of sp³-hybridized carbons (Fsp3) is 0.353. The van der Waals surface area contributed by atoms with Gasteiger partial charge >= 0.3 is 0 Å². The highest BCUT2D eigenvalue weighted by Crippen LogP contribution is 2.26. The molecule has 0 N–H and O–H groups in total. The van der Waals surface area contributed by atoms with Crippen LogP contribution in [0.1, 0.15) is 37.6 Å². The van der Waals surface area contributed by atoms with Crippen LogP contribution in [0.2, 0.25) is 5.02 Å². The Morgan fingerprint density at radius 3 is 2.48 bits per heavy atom. The molecule has 4 heteroatoms. The van der Waals surface area contributed by atoms with E-state index in [-0.39, 0.29) is 5.41 Å². The first kappa shape index (κ1) is 16.1. The lowest BCUT2D eigenvalue weighted by atomic mass is 9.91. The van der Waals surface area contributed by atoms with Gasteiger partial charge in [0.15, 0.2) is 0 Å². The number of nitrogens with zero attached hydrogens (tertiary/aromatic N) is 1. The molecular weight excluding hydrogens is 305 g/mol. The van der Waals surface area contributed by atoms with Crippen LogP contribution < -0.4 is 4.74 Å². The summed E-state index contributed by atoms with van der Waals surface area (Å²) in [5.74, 6) is 1.02. The van der Waals surface area contributed by atoms with Gasteiger partial charge in [0.05, 0.1) is 5.69 Å². The molecule has 0 fully saturated rings. The lowest BCUT2D eigenvalue weighted by Gasteiger charge is -2.19. The van der Waals surface area contributed by atoms with Crippen molar-refractivity contribution in [1.82, 2.24) is 4.98 Å². The molecule has 0 aliphatic heterocycles. The number of benzene rings is 1. The van der Waals surface area contributed by atoms with Crippen molar-refractivity contribution in [2.75, 3.05) is 0 Å². The number of rotatable bonds is 4. The lowest BCUT2D eigenvalue weighted by molar-refractivity contribution is 0.291. The Balaban J connectivity index is 2.22. The summed E-state index contributed by atoms with van der Waals surface area (Å²) in [5, 5.41) is 0.696. The Bertz CT molecular complexity index is 620. The monoisotopic (exact) mass is 323 g/mol. The van der Waals surface area contributed by atoms with Crippen LogP contribution in [0.5, 0.6) is 5.88 Å². The first-order chi connectivity index (χ1) is 9.90. The van der Waals surface area contributed by atoms with Gasteiger partial charge in [-0.2, -0.15) is 0 Å². The molecule has 21 heavy (non-hydrogen) atoms. The Labute approximate surface area is 136 Å². The maximum Gasteiger partial charge on any atom is 0.214 e.